The SMILES string of the molecule is Nc1cn[nH]c1NC(=O)NCc1ccccc1. The Labute approximate surface area is 98.2 Å². The van der Waals surface area contributed by atoms with Gasteiger partial charge in [-0.3, -0.25) is 10.4 Å². The highest BCUT2D eigenvalue weighted by molar-refractivity contribution is 5.90. The van der Waals surface area contributed by atoms with E-state index in [1.165, 1.54) is 6.20 Å². The van der Waals surface area contributed by atoms with Crippen LogP contribution in [0, 0.1) is 0 Å². The van der Waals surface area contributed by atoms with Crippen LogP contribution >= 0.6 is 0 Å². The largest absolute Gasteiger partial charge is 0.394 e. The number of aromatic amines is 1. The predicted molar refractivity (Wildman–Crippen MR) is 65.3 cm³/mol. The molecule has 0 radical (unpaired) electrons. The molecule has 5 N–H and O–H groups in total. The Bertz CT molecular complexity index is 494. The van der Waals surface area contributed by atoms with E-state index < -0.39 is 0 Å². The molecular weight excluding hydrogens is 218 g/mol. The zero-order chi connectivity index (χ0) is 12.1. The fourth-order valence-corrected chi connectivity index (χ4v) is 1.33. The molecule has 2 rings (SSSR count). The minimum atomic E-state index is -0.329. The van der Waals surface area contributed by atoms with Gasteiger partial charge in [-0.25, -0.2) is 4.79 Å². The lowest BCUT2D eigenvalue weighted by molar-refractivity contribution is 0.251. The van der Waals surface area contributed by atoms with Crippen LogP contribution < -0.4 is 16.4 Å². The maximum absolute atomic E-state index is 11.5. The molecule has 88 valence electrons. The molecule has 0 saturated carbocycles. The lowest BCUT2D eigenvalue weighted by Crippen LogP contribution is -2.28. The Hall–Kier alpha value is -2.50. The van der Waals surface area contributed by atoms with Crippen LogP contribution in [-0.2, 0) is 6.54 Å². The first-order chi connectivity index (χ1) is 8.25. The van der Waals surface area contributed by atoms with Crippen molar-refractivity contribution in [1.82, 2.24) is 15.5 Å². The smallest absolute Gasteiger partial charge is 0.320 e. The molecule has 1 aromatic carbocycles. The summed E-state index contributed by atoms with van der Waals surface area (Å²) in [5, 5.41) is 11.6. The van der Waals surface area contributed by atoms with E-state index in [1.54, 1.807) is 0 Å². The van der Waals surface area contributed by atoms with Crippen molar-refractivity contribution in [1.29, 1.82) is 0 Å². The zero-order valence-electron chi connectivity index (χ0n) is 9.10. The first-order valence-corrected chi connectivity index (χ1v) is 5.13. The summed E-state index contributed by atoms with van der Waals surface area (Å²) < 4.78 is 0. The monoisotopic (exact) mass is 231 g/mol. The molecule has 1 heterocycles. The van der Waals surface area contributed by atoms with E-state index in [0.29, 0.717) is 18.1 Å². The molecule has 6 heteroatoms. The number of anilines is 2. The Kier molecular flexibility index (Phi) is 3.25. The number of carbonyl (C=O) groups excluding carboxylic acids is 1. The van der Waals surface area contributed by atoms with Crippen molar-refractivity contribution in [2.45, 2.75) is 6.54 Å². The van der Waals surface area contributed by atoms with Gasteiger partial charge in [0.2, 0.25) is 0 Å². The number of benzene rings is 1. The van der Waals surface area contributed by atoms with Gasteiger partial charge in [-0.15, -0.1) is 0 Å². The second-order valence-corrected chi connectivity index (χ2v) is 3.49. The van der Waals surface area contributed by atoms with Crippen LogP contribution in [0.5, 0.6) is 0 Å². The number of hydrogen-bond acceptors (Lipinski definition) is 3. The normalized spacial score (nSPS) is 9.88. The average Bonchev–Trinajstić information content (AvgIpc) is 2.74. The molecule has 0 fully saturated rings. The molecule has 1 aromatic heterocycles. The number of amides is 2. The summed E-state index contributed by atoms with van der Waals surface area (Å²) >= 11 is 0. The van der Waals surface area contributed by atoms with E-state index in [1.807, 2.05) is 30.3 Å². The van der Waals surface area contributed by atoms with E-state index in [9.17, 15) is 4.79 Å². The van der Waals surface area contributed by atoms with E-state index in [4.69, 9.17) is 5.73 Å². The van der Waals surface area contributed by atoms with Crippen molar-refractivity contribution < 1.29 is 4.79 Å². The van der Waals surface area contributed by atoms with Crippen molar-refractivity contribution >= 4 is 17.5 Å². The Morgan fingerprint density at radius 1 is 1.35 bits per heavy atom. The second kappa shape index (κ2) is 5.02. The van der Waals surface area contributed by atoms with Crippen LogP contribution in [-0.4, -0.2) is 16.2 Å². The van der Waals surface area contributed by atoms with Gasteiger partial charge in [-0.05, 0) is 5.56 Å². The van der Waals surface area contributed by atoms with Crippen LogP contribution in [0.3, 0.4) is 0 Å². The maximum atomic E-state index is 11.5. The quantitative estimate of drug-likeness (QED) is 0.641. The fraction of sp³-hybridized carbons (Fsp3) is 0.0909. The molecule has 17 heavy (non-hydrogen) atoms. The minimum absolute atomic E-state index is 0.329. The first kappa shape index (κ1) is 11.0. The fourth-order valence-electron chi connectivity index (χ4n) is 1.33. The van der Waals surface area contributed by atoms with Crippen LogP contribution in [0.2, 0.25) is 0 Å². The Morgan fingerprint density at radius 3 is 2.76 bits per heavy atom. The summed E-state index contributed by atoms with van der Waals surface area (Å²) in [7, 11) is 0. The van der Waals surface area contributed by atoms with Crippen LogP contribution in [0.1, 0.15) is 5.56 Å². The van der Waals surface area contributed by atoms with E-state index >= 15 is 0 Å². The number of urea groups is 1. The number of nitrogens with zero attached hydrogens (tertiary/aromatic N) is 1. The lowest BCUT2D eigenvalue weighted by Gasteiger charge is -2.06. The summed E-state index contributed by atoms with van der Waals surface area (Å²) in [6, 6.07) is 9.30. The maximum Gasteiger partial charge on any atom is 0.320 e. The highest BCUT2D eigenvalue weighted by Gasteiger charge is 2.05. The third kappa shape index (κ3) is 2.97. The van der Waals surface area contributed by atoms with Gasteiger partial charge in [-0.2, -0.15) is 5.10 Å². The summed E-state index contributed by atoms with van der Waals surface area (Å²) in [6.07, 6.45) is 1.44. The summed E-state index contributed by atoms with van der Waals surface area (Å²) in [5.41, 5.74) is 6.99. The van der Waals surface area contributed by atoms with E-state index in [0.717, 1.165) is 5.56 Å². The predicted octanol–water partition coefficient (Wildman–Crippen LogP) is 1.31. The minimum Gasteiger partial charge on any atom is -0.394 e. The zero-order valence-corrected chi connectivity index (χ0v) is 9.10. The van der Waals surface area contributed by atoms with Gasteiger partial charge in [0.15, 0.2) is 5.82 Å². The number of nitrogens with two attached hydrogens (primary N) is 1. The van der Waals surface area contributed by atoms with E-state index in [2.05, 4.69) is 20.8 Å². The molecule has 6 nitrogen and oxygen atoms in total. The van der Waals surface area contributed by atoms with Crippen LogP contribution in [0.15, 0.2) is 36.5 Å². The topological polar surface area (TPSA) is 95.8 Å². The molecule has 0 spiro atoms. The third-order valence-corrected chi connectivity index (χ3v) is 2.20. The molecule has 0 aliphatic rings. The van der Waals surface area contributed by atoms with Crippen molar-refractivity contribution in [3.63, 3.8) is 0 Å². The summed E-state index contributed by atoms with van der Waals surface area (Å²) in [6.45, 7) is 0.459. The van der Waals surface area contributed by atoms with Gasteiger partial charge in [0.25, 0.3) is 0 Å². The van der Waals surface area contributed by atoms with Crippen molar-refractivity contribution in [2.24, 2.45) is 0 Å². The van der Waals surface area contributed by atoms with Crippen molar-refractivity contribution in [2.75, 3.05) is 11.1 Å². The molecule has 0 atom stereocenters. The molecule has 0 aliphatic heterocycles. The van der Waals surface area contributed by atoms with E-state index in [-0.39, 0.29) is 6.03 Å². The highest BCUT2D eigenvalue weighted by atomic mass is 16.2. The second-order valence-electron chi connectivity index (χ2n) is 3.49. The van der Waals surface area contributed by atoms with Gasteiger partial charge >= 0.3 is 6.03 Å². The molecule has 0 bridgehead atoms. The third-order valence-electron chi connectivity index (χ3n) is 2.20. The number of nitrogens with one attached hydrogen (secondary N) is 3. The van der Waals surface area contributed by atoms with Crippen molar-refractivity contribution in [3.05, 3.63) is 42.1 Å². The van der Waals surface area contributed by atoms with Crippen molar-refractivity contribution in [3.8, 4) is 0 Å². The number of rotatable bonds is 3. The molecule has 0 saturated heterocycles. The van der Waals surface area contributed by atoms with Gasteiger partial charge in [0.1, 0.15) is 0 Å². The molecule has 0 aliphatic carbocycles. The summed E-state index contributed by atoms with van der Waals surface area (Å²) in [5.74, 6) is 0.399. The Morgan fingerprint density at radius 2 is 2.12 bits per heavy atom. The van der Waals surface area contributed by atoms with Gasteiger partial charge in [0.05, 0.1) is 11.9 Å². The van der Waals surface area contributed by atoms with Crippen LogP contribution in [0.4, 0.5) is 16.3 Å². The number of hydrogen-bond donors (Lipinski definition) is 4. The molecular formula is C11H13N5O. The summed E-state index contributed by atoms with van der Waals surface area (Å²) in [4.78, 5) is 11.5. The molecule has 0 unspecified atom stereocenters. The van der Waals surface area contributed by atoms with Gasteiger partial charge in [-0.1, -0.05) is 30.3 Å². The number of nitrogen functional groups attached to an aromatic ring is 1. The lowest BCUT2D eigenvalue weighted by atomic mass is 10.2. The standard InChI is InChI=1S/C11H13N5O/c12-9-7-14-16-10(9)15-11(17)13-6-8-4-2-1-3-5-8/h1-5,7H,6,12H2,(H3,13,14,15,16,17). The first-order valence-electron chi connectivity index (χ1n) is 5.13. The van der Waals surface area contributed by atoms with Gasteiger partial charge in [0, 0.05) is 6.54 Å². The molecule has 2 aromatic rings. The average molecular weight is 231 g/mol. The van der Waals surface area contributed by atoms with Crippen LogP contribution in [0.25, 0.3) is 0 Å². The molecule has 2 amide bonds. The number of carbonyl (C=O) groups is 1. The van der Waals surface area contributed by atoms with Gasteiger partial charge < -0.3 is 11.1 Å². The Balaban J connectivity index is 1.85. The number of aromatic nitrogens is 2. The highest BCUT2D eigenvalue weighted by Crippen LogP contribution is 2.11. The number of H-pyrrole nitrogens is 1.